The lowest BCUT2D eigenvalue weighted by atomic mass is 9.93. The molecule has 0 saturated heterocycles. The van der Waals surface area contributed by atoms with Crippen molar-refractivity contribution < 1.29 is 17.0 Å². The number of benzene rings is 1. The standard InChI is InChI=1S/C15H23NO3/c1-5-10-19-13-8-6-12(7-9-13)11-15(2,16-3)14(17)18-4/h6-9,16H,5,10-11H2,1-4H3/i10D2. The van der Waals surface area contributed by atoms with E-state index in [9.17, 15) is 4.79 Å². The van der Waals surface area contributed by atoms with Crippen molar-refractivity contribution in [2.75, 3.05) is 20.7 Å². The number of carbonyl (C=O) groups is 1. The molecule has 0 radical (unpaired) electrons. The van der Waals surface area contributed by atoms with Crippen LogP contribution in [0.25, 0.3) is 0 Å². The van der Waals surface area contributed by atoms with Gasteiger partial charge in [-0.25, -0.2) is 0 Å². The van der Waals surface area contributed by atoms with Gasteiger partial charge in [0.15, 0.2) is 0 Å². The fourth-order valence-electron chi connectivity index (χ4n) is 1.73. The summed E-state index contributed by atoms with van der Waals surface area (Å²) in [5, 5.41) is 2.97. The third-order valence-corrected chi connectivity index (χ3v) is 3.00. The van der Waals surface area contributed by atoms with Crippen LogP contribution >= 0.6 is 0 Å². The third-order valence-electron chi connectivity index (χ3n) is 3.00. The van der Waals surface area contributed by atoms with E-state index in [-0.39, 0.29) is 12.4 Å². The summed E-state index contributed by atoms with van der Waals surface area (Å²) in [6, 6.07) is 7.05. The predicted octanol–water partition coefficient (Wildman–Crippen LogP) is 2.17. The number of carbonyl (C=O) groups excluding carboxylic acids is 1. The topological polar surface area (TPSA) is 47.6 Å². The Morgan fingerprint density at radius 2 is 2.05 bits per heavy atom. The normalized spacial score (nSPS) is 16.0. The lowest BCUT2D eigenvalue weighted by molar-refractivity contribution is -0.147. The van der Waals surface area contributed by atoms with Crippen LogP contribution in [0.1, 0.15) is 28.6 Å². The summed E-state index contributed by atoms with van der Waals surface area (Å²) >= 11 is 0. The zero-order valence-corrected chi connectivity index (χ0v) is 11.9. The van der Waals surface area contributed by atoms with Gasteiger partial charge in [-0.2, -0.15) is 0 Å². The van der Waals surface area contributed by atoms with Crippen LogP contribution in [0.5, 0.6) is 5.75 Å². The summed E-state index contributed by atoms with van der Waals surface area (Å²) in [6.45, 7) is 1.83. The zero-order valence-electron chi connectivity index (χ0n) is 13.9. The van der Waals surface area contributed by atoms with Crippen molar-refractivity contribution in [3.63, 3.8) is 0 Å². The van der Waals surface area contributed by atoms with Crippen molar-refractivity contribution in [3.05, 3.63) is 29.8 Å². The van der Waals surface area contributed by atoms with Crippen LogP contribution in [0, 0.1) is 0 Å². The number of rotatable bonds is 7. The molecule has 0 amide bonds. The van der Waals surface area contributed by atoms with Crippen molar-refractivity contribution in [3.8, 4) is 5.75 Å². The molecule has 0 spiro atoms. The van der Waals surface area contributed by atoms with Gasteiger partial charge in [0.05, 0.1) is 16.4 Å². The maximum atomic E-state index is 11.8. The molecular formula is C15H23NO3. The van der Waals surface area contributed by atoms with Crippen molar-refractivity contribution in [2.24, 2.45) is 0 Å². The van der Waals surface area contributed by atoms with E-state index < -0.39 is 12.1 Å². The molecule has 0 bridgehead atoms. The number of hydrogen-bond donors (Lipinski definition) is 1. The van der Waals surface area contributed by atoms with Crippen LogP contribution < -0.4 is 10.1 Å². The summed E-state index contributed by atoms with van der Waals surface area (Å²) in [6.07, 6.45) is 0.742. The molecule has 1 aromatic carbocycles. The summed E-state index contributed by atoms with van der Waals surface area (Å²) in [4.78, 5) is 11.8. The second-order valence-corrected chi connectivity index (χ2v) is 4.49. The zero-order chi connectivity index (χ0) is 16.1. The Kier molecular flexibility index (Phi) is 4.69. The molecular weight excluding hydrogens is 242 g/mol. The highest BCUT2D eigenvalue weighted by Crippen LogP contribution is 2.18. The van der Waals surface area contributed by atoms with E-state index in [1.165, 1.54) is 7.11 Å². The third kappa shape index (κ3) is 4.24. The van der Waals surface area contributed by atoms with Gasteiger partial charge in [0.1, 0.15) is 11.3 Å². The molecule has 4 nitrogen and oxygen atoms in total. The Labute approximate surface area is 117 Å². The van der Waals surface area contributed by atoms with Gasteiger partial charge in [-0.3, -0.25) is 4.79 Å². The first-order valence-electron chi connectivity index (χ1n) is 7.31. The number of likely N-dealkylation sites (N-methyl/N-ethyl adjacent to an activating group) is 1. The van der Waals surface area contributed by atoms with E-state index in [1.54, 1.807) is 33.0 Å². The Bertz CT molecular complexity index is 476. The Morgan fingerprint density at radius 1 is 1.42 bits per heavy atom. The minimum Gasteiger partial charge on any atom is -0.494 e. The molecule has 0 aliphatic heterocycles. The number of hydrogen-bond acceptors (Lipinski definition) is 4. The van der Waals surface area contributed by atoms with E-state index in [4.69, 9.17) is 12.2 Å². The van der Waals surface area contributed by atoms with E-state index in [0.717, 1.165) is 5.56 Å². The molecule has 0 fully saturated rings. The second-order valence-electron chi connectivity index (χ2n) is 4.49. The number of nitrogens with one attached hydrogen (secondary N) is 1. The lowest BCUT2D eigenvalue weighted by Gasteiger charge is -2.26. The first-order chi connectivity index (χ1) is 9.76. The minimum atomic E-state index is -1.67. The monoisotopic (exact) mass is 267 g/mol. The smallest absolute Gasteiger partial charge is 0.326 e. The molecule has 1 atom stereocenters. The highest BCUT2D eigenvalue weighted by atomic mass is 16.5. The molecule has 0 aliphatic rings. The van der Waals surface area contributed by atoms with Gasteiger partial charge in [-0.1, -0.05) is 19.1 Å². The van der Waals surface area contributed by atoms with Crippen LogP contribution in [0.15, 0.2) is 24.3 Å². The van der Waals surface area contributed by atoms with E-state index in [0.29, 0.717) is 12.2 Å². The molecule has 106 valence electrons. The maximum Gasteiger partial charge on any atom is 0.326 e. The van der Waals surface area contributed by atoms with E-state index in [2.05, 4.69) is 5.32 Å². The SMILES string of the molecule is [2H]C([2H])(CC)Oc1ccc(CC(C)(NC)C(=O)OC)cc1. The van der Waals surface area contributed by atoms with Crippen molar-refractivity contribution in [2.45, 2.75) is 32.2 Å². The molecule has 19 heavy (non-hydrogen) atoms. The predicted molar refractivity (Wildman–Crippen MR) is 75.4 cm³/mol. The lowest BCUT2D eigenvalue weighted by Crippen LogP contribution is -2.50. The summed E-state index contributed by atoms with van der Waals surface area (Å²) in [5.74, 6) is 0.141. The number of methoxy groups -OCH3 is 1. The second kappa shape index (κ2) is 7.14. The Balaban J connectivity index is 2.81. The van der Waals surface area contributed by atoms with Crippen molar-refractivity contribution in [1.82, 2.24) is 5.32 Å². The van der Waals surface area contributed by atoms with Crippen LogP contribution in [-0.2, 0) is 16.0 Å². The van der Waals surface area contributed by atoms with Gasteiger partial charge >= 0.3 is 5.97 Å². The van der Waals surface area contributed by atoms with Gasteiger partial charge in [-0.05, 0) is 38.1 Å². The number of ether oxygens (including phenoxy) is 2. The van der Waals surface area contributed by atoms with Gasteiger partial charge in [0, 0.05) is 6.42 Å². The van der Waals surface area contributed by atoms with Gasteiger partial charge in [0.2, 0.25) is 0 Å². The first-order valence-corrected chi connectivity index (χ1v) is 6.31. The molecule has 1 rings (SSSR count). The average Bonchev–Trinajstić information content (AvgIpc) is 2.48. The molecule has 0 aliphatic carbocycles. The van der Waals surface area contributed by atoms with Crippen molar-refractivity contribution in [1.29, 1.82) is 0 Å². The summed E-state index contributed by atoms with van der Waals surface area (Å²) < 4.78 is 25.3. The van der Waals surface area contributed by atoms with Gasteiger partial charge in [-0.15, -0.1) is 0 Å². The molecule has 0 heterocycles. The van der Waals surface area contributed by atoms with Gasteiger partial charge in [0.25, 0.3) is 0 Å². The summed E-state index contributed by atoms with van der Waals surface area (Å²) in [7, 11) is 3.08. The average molecular weight is 267 g/mol. The maximum absolute atomic E-state index is 11.8. The van der Waals surface area contributed by atoms with Crippen molar-refractivity contribution >= 4 is 5.97 Å². The van der Waals surface area contributed by atoms with Crippen LogP contribution in [0.3, 0.4) is 0 Å². The quantitative estimate of drug-likeness (QED) is 0.769. The Morgan fingerprint density at radius 3 is 2.53 bits per heavy atom. The van der Waals surface area contributed by atoms with Crippen LogP contribution in [0.4, 0.5) is 0 Å². The van der Waals surface area contributed by atoms with E-state index in [1.807, 2.05) is 12.1 Å². The molecule has 0 saturated carbocycles. The van der Waals surface area contributed by atoms with E-state index >= 15 is 0 Å². The molecule has 1 aromatic rings. The molecule has 1 N–H and O–H groups in total. The highest BCUT2D eigenvalue weighted by Gasteiger charge is 2.32. The summed E-state index contributed by atoms with van der Waals surface area (Å²) in [5.41, 5.74) is 0.136. The molecule has 4 heteroatoms. The molecule has 1 unspecified atom stereocenters. The largest absolute Gasteiger partial charge is 0.494 e. The fraction of sp³-hybridized carbons (Fsp3) is 0.533. The highest BCUT2D eigenvalue weighted by molar-refractivity contribution is 5.80. The van der Waals surface area contributed by atoms with Crippen LogP contribution in [0.2, 0.25) is 0 Å². The minimum absolute atomic E-state index is 0.273. The Hall–Kier alpha value is -1.55. The number of esters is 1. The fourth-order valence-corrected chi connectivity index (χ4v) is 1.73. The molecule has 0 aromatic heterocycles. The van der Waals surface area contributed by atoms with Crippen LogP contribution in [-0.4, -0.2) is 32.2 Å². The van der Waals surface area contributed by atoms with Gasteiger partial charge < -0.3 is 14.8 Å². The first kappa shape index (κ1) is 12.5.